The van der Waals surface area contributed by atoms with Gasteiger partial charge in [-0.25, -0.2) is 0 Å². The highest BCUT2D eigenvalue weighted by atomic mass is 79.9. The third-order valence-corrected chi connectivity index (χ3v) is 4.13. The molecule has 4 heteroatoms. The summed E-state index contributed by atoms with van der Waals surface area (Å²) in [5.41, 5.74) is 1.18. The van der Waals surface area contributed by atoms with Crippen LogP contribution in [0.2, 0.25) is 0 Å². The van der Waals surface area contributed by atoms with Crippen molar-refractivity contribution in [3.8, 4) is 0 Å². The fourth-order valence-corrected chi connectivity index (χ4v) is 2.91. The van der Waals surface area contributed by atoms with Gasteiger partial charge in [-0.2, -0.15) is 0 Å². The maximum Gasteiger partial charge on any atom is 0.234 e. The van der Waals surface area contributed by atoms with E-state index < -0.39 is 0 Å². The van der Waals surface area contributed by atoms with Gasteiger partial charge in [0.15, 0.2) is 0 Å². The van der Waals surface area contributed by atoms with Crippen LogP contribution >= 0.6 is 15.9 Å². The Balaban J connectivity index is 1.76. The molecule has 1 aliphatic carbocycles. The molecule has 0 saturated heterocycles. The van der Waals surface area contributed by atoms with Crippen molar-refractivity contribution >= 4 is 21.8 Å². The van der Waals surface area contributed by atoms with Crippen molar-refractivity contribution < 1.29 is 4.79 Å². The summed E-state index contributed by atoms with van der Waals surface area (Å²) in [5.74, 6) is 0.105. The first kappa shape index (κ1) is 14.5. The average Bonchev–Trinajstić information content (AvgIpc) is 2.88. The maximum atomic E-state index is 11.8. The van der Waals surface area contributed by atoms with Crippen LogP contribution in [0.5, 0.6) is 0 Å². The minimum atomic E-state index is 0.105. The normalized spacial score (nSPS) is 17.4. The monoisotopic (exact) mass is 324 g/mol. The van der Waals surface area contributed by atoms with Gasteiger partial charge >= 0.3 is 0 Å². The number of benzene rings is 1. The Morgan fingerprint density at radius 1 is 1.42 bits per heavy atom. The van der Waals surface area contributed by atoms with E-state index in [4.69, 9.17) is 0 Å². The van der Waals surface area contributed by atoms with Crippen LogP contribution in [0.15, 0.2) is 28.7 Å². The van der Waals surface area contributed by atoms with Crippen LogP contribution < -0.4 is 10.6 Å². The lowest BCUT2D eigenvalue weighted by atomic mass is 10.1. The molecule has 19 heavy (non-hydrogen) atoms. The zero-order valence-electron chi connectivity index (χ0n) is 11.3. The number of amides is 1. The van der Waals surface area contributed by atoms with Gasteiger partial charge in [0.05, 0.1) is 6.54 Å². The molecule has 0 aliphatic heterocycles. The standard InChI is InChI=1S/C15H21BrN2O/c1-11(12-5-4-6-13(16)9-12)17-10-15(19)18-14-7-2-3-8-14/h4-6,9,11,14,17H,2-3,7-8,10H2,1H3,(H,18,19)/t11-/m1/s1. The van der Waals surface area contributed by atoms with Crippen LogP contribution in [0, 0.1) is 0 Å². The number of hydrogen-bond donors (Lipinski definition) is 2. The lowest BCUT2D eigenvalue weighted by Gasteiger charge is -2.16. The Hall–Kier alpha value is -0.870. The molecule has 0 unspecified atom stereocenters. The number of hydrogen-bond acceptors (Lipinski definition) is 2. The van der Waals surface area contributed by atoms with Gasteiger partial charge in [0, 0.05) is 16.6 Å². The molecule has 1 amide bonds. The van der Waals surface area contributed by atoms with E-state index in [2.05, 4.69) is 45.6 Å². The summed E-state index contributed by atoms with van der Waals surface area (Å²) in [6.07, 6.45) is 4.75. The molecule has 0 radical (unpaired) electrons. The van der Waals surface area contributed by atoms with Crippen molar-refractivity contribution in [3.05, 3.63) is 34.3 Å². The topological polar surface area (TPSA) is 41.1 Å². The molecule has 1 aliphatic rings. The maximum absolute atomic E-state index is 11.8. The van der Waals surface area contributed by atoms with Crippen molar-refractivity contribution in [1.82, 2.24) is 10.6 Å². The zero-order chi connectivity index (χ0) is 13.7. The van der Waals surface area contributed by atoms with Crippen molar-refractivity contribution in [1.29, 1.82) is 0 Å². The van der Waals surface area contributed by atoms with Crippen molar-refractivity contribution in [2.24, 2.45) is 0 Å². The summed E-state index contributed by atoms with van der Waals surface area (Å²) in [6.45, 7) is 2.45. The van der Waals surface area contributed by atoms with Gasteiger partial charge in [-0.1, -0.05) is 40.9 Å². The first-order chi connectivity index (χ1) is 9.15. The van der Waals surface area contributed by atoms with E-state index >= 15 is 0 Å². The Morgan fingerprint density at radius 2 is 2.16 bits per heavy atom. The molecule has 0 aromatic heterocycles. The van der Waals surface area contributed by atoms with Gasteiger partial charge in [0.1, 0.15) is 0 Å². The van der Waals surface area contributed by atoms with E-state index in [-0.39, 0.29) is 11.9 Å². The van der Waals surface area contributed by atoms with Crippen molar-refractivity contribution in [2.75, 3.05) is 6.54 Å². The SMILES string of the molecule is C[C@@H](NCC(=O)NC1CCCC1)c1cccc(Br)c1. The quantitative estimate of drug-likeness (QED) is 0.873. The minimum Gasteiger partial charge on any atom is -0.352 e. The van der Waals surface area contributed by atoms with Crippen LogP contribution in [0.1, 0.15) is 44.2 Å². The molecule has 3 nitrogen and oxygen atoms in total. The highest BCUT2D eigenvalue weighted by Crippen LogP contribution is 2.18. The largest absolute Gasteiger partial charge is 0.352 e. The fourth-order valence-electron chi connectivity index (χ4n) is 2.49. The molecule has 1 fully saturated rings. The van der Waals surface area contributed by atoms with Crippen LogP contribution in [0.4, 0.5) is 0 Å². The second-order valence-corrected chi connectivity index (χ2v) is 6.12. The highest BCUT2D eigenvalue weighted by molar-refractivity contribution is 9.10. The van der Waals surface area contributed by atoms with E-state index in [0.29, 0.717) is 12.6 Å². The predicted molar refractivity (Wildman–Crippen MR) is 81.0 cm³/mol. The van der Waals surface area contributed by atoms with Crippen LogP contribution in [-0.2, 0) is 4.79 Å². The summed E-state index contributed by atoms with van der Waals surface area (Å²) in [4.78, 5) is 11.8. The Kier molecular flexibility index (Phi) is 5.40. The van der Waals surface area contributed by atoms with Gasteiger partial charge < -0.3 is 10.6 Å². The van der Waals surface area contributed by atoms with Gasteiger partial charge in [-0.05, 0) is 37.5 Å². The number of nitrogens with one attached hydrogen (secondary N) is 2. The first-order valence-electron chi connectivity index (χ1n) is 6.93. The third kappa shape index (κ3) is 4.62. The second-order valence-electron chi connectivity index (χ2n) is 5.21. The first-order valence-corrected chi connectivity index (χ1v) is 7.72. The van der Waals surface area contributed by atoms with Crippen LogP contribution in [-0.4, -0.2) is 18.5 Å². The molecule has 0 bridgehead atoms. The zero-order valence-corrected chi connectivity index (χ0v) is 12.9. The van der Waals surface area contributed by atoms with E-state index in [1.165, 1.54) is 18.4 Å². The average molecular weight is 325 g/mol. The molecular weight excluding hydrogens is 304 g/mol. The number of halogens is 1. The summed E-state index contributed by atoms with van der Waals surface area (Å²) in [5, 5.41) is 6.35. The second kappa shape index (κ2) is 7.06. The Labute approximate surface area is 123 Å². The molecule has 1 saturated carbocycles. The van der Waals surface area contributed by atoms with E-state index in [1.807, 2.05) is 12.1 Å². The van der Waals surface area contributed by atoms with Crippen LogP contribution in [0.3, 0.4) is 0 Å². The van der Waals surface area contributed by atoms with Gasteiger partial charge in [0.25, 0.3) is 0 Å². The van der Waals surface area contributed by atoms with Gasteiger partial charge in [-0.15, -0.1) is 0 Å². The Morgan fingerprint density at radius 3 is 2.84 bits per heavy atom. The Bertz CT molecular complexity index is 430. The molecule has 1 atom stereocenters. The van der Waals surface area contributed by atoms with Gasteiger partial charge in [0.2, 0.25) is 5.91 Å². The van der Waals surface area contributed by atoms with Crippen molar-refractivity contribution in [3.63, 3.8) is 0 Å². The summed E-state index contributed by atoms with van der Waals surface area (Å²) >= 11 is 3.46. The smallest absolute Gasteiger partial charge is 0.234 e. The number of carbonyl (C=O) groups excluding carboxylic acids is 1. The molecule has 104 valence electrons. The number of carbonyl (C=O) groups is 1. The molecule has 0 heterocycles. The highest BCUT2D eigenvalue weighted by Gasteiger charge is 2.17. The molecule has 0 spiro atoms. The molecule has 1 aromatic carbocycles. The summed E-state index contributed by atoms with van der Waals surface area (Å²) in [6, 6.07) is 8.73. The molecule has 2 N–H and O–H groups in total. The lowest BCUT2D eigenvalue weighted by molar-refractivity contribution is -0.121. The summed E-state index contributed by atoms with van der Waals surface area (Å²) < 4.78 is 1.06. The van der Waals surface area contributed by atoms with Crippen LogP contribution in [0.25, 0.3) is 0 Å². The molecular formula is C15H21BrN2O. The lowest BCUT2D eigenvalue weighted by Crippen LogP contribution is -2.39. The molecule has 2 rings (SSSR count). The fraction of sp³-hybridized carbons (Fsp3) is 0.533. The number of rotatable bonds is 5. The van der Waals surface area contributed by atoms with E-state index in [9.17, 15) is 4.79 Å². The van der Waals surface area contributed by atoms with E-state index in [1.54, 1.807) is 0 Å². The third-order valence-electron chi connectivity index (χ3n) is 3.64. The minimum absolute atomic E-state index is 0.105. The van der Waals surface area contributed by atoms with E-state index in [0.717, 1.165) is 17.3 Å². The molecule has 1 aromatic rings. The van der Waals surface area contributed by atoms with Gasteiger partial charge in [-0.3, -0.25) is 4.79 Å². The summed E-state index contributed by atoms with van der Waals surface area (Å²) in [7, 11) is 0. The van der Waals surface area contributed by atoms with Crippen molar-refractivity contribution in [2.45, 2.75) is 44.7 Å². The predicted octanol–water partition coefficient (Wildman–Crippen LogP) is 3.16.